The first-order valence-electron chi connectivity index (χ1n) is 4.74. The molecule has 3 nitrogen and oxygen atoms in total. The van der Waals surface area contributed by atoms with Gasteiger partial charge in [0.25, 0.3) is 0 Å². The van der Waals surface area contributed by atoms with E-state index in [1.165, 1.54) is 36.4 Å². The Labute approximate surface area is 97.3 Å². The summed E-state index contributed by atoms with van der Waals surface area (Å²) >= 11 is 0. The minimum Gasteiger partial charge on any atom is -0.505 e. The van der Waals surface area contributed by atoms with Crippen LogP contribution in [0.1, 0.15) is 0 Å². The van der Waals surface area contributed by atoms with E-state index < -0.39 is 5.82 Å². The molecule has 0 aliphatic rings. The van der Waals surface area contributed by atoms with Gasteiger partial charge in [-0.1, -0.05) is 0 Å². The van der Waals surface area contributed by atoms with Crippen LogP contribution in [0.3, 0.4) is 0 Å². The van der Waals surface area contributed by atoms with Gasteiger partial charge in [0.15, 0.2) is 11.6 Å². The Hall–Kier alpha value is -2.30. The highest BCUT2D eigenvalue weighted by Gasteiger charge is 1.96. The molecule has 0 amide bonds. The van der Waals surface area contributed by atoms with Crippen molar-refractivity contribution in [3.05, 3.63) is 54.1 Å². The molecule has 2 rings (SSSR count). The van der Waals surface area contributed by atoms with Gasteiger partial charge < -0.3 is 16.6 Å². The maximum atomic E-state index is 12.2. The summed E-state index contributed by atoms with van der Waals surface area (Å²) in [6.07, 6.45) is 0. The Kier molecular flexibility index (Phi) is 4.28. The second kappa shape index (κ2) is 5.69. The SMILES string of the molecule is Nc1ccc(F)cc1.Nc1ccc(O)c(F)c1. The van der Waals surface area contributed by atoms with Gasteiger partial charge in [0.1, 0.15) is 5.82 Å². The Balaban J connectivity index is 0.000000171. The highest BCUT2D eigenvalue weighted by Crippen LogP contribution is 2.16. The molecule has 5 heteroatoms. The third-order valence-electron chi connectivity index (χ3n) is 1.84. The average Bonchev–Trinajstić information content (AvgIpc) is 2.29. The van der Waals surface area contributed by atoms with E-state index >= 15 is 0 Å². The molecule has 90 valence electrons. The fraction of sp³-hybridized carbons (Fsp3) is 0. The zero-order valence-corrected chi connectivity index (χ0v) is 8.90. The van der Waals surface area contributed by atoms with Crippen LogP contribution < -0.4 is 11.5 Å². The van der Waals surface area contributed by atoms with E-state index in [1.54, 1.807) is 0 Å². The number of phenols is 1. The first-order chi connectivity index (χ1) is 7.99. The van der Waals surface area contributed by atoms with Gasteiger partial charge in [-0.25, -0.2) is 8.78 Å². The lowest BCUT2D eigenvalue weighted by Crippen LogP contribution is -1.84. The average molecular weight is 238 g/mol. The van der Waals surface area contributed by atoms with Gasteiger partial charge in [-0.15, -0.1) is 0 Å². The molecule has 0 fully saturated rings. The van der Waals surface area contributed by atoms with E-state index in [4.69, 9.17) is 16.6 Å². The van der Waals surface area contributed by atoms with Gasteiger partial charge in [0.05, 0.1) is 0 Å². The summed E-state index contributed by atoms with van der Waals surface area (Å²) in [5.41, 5.74) is 11.3. The van der Waals surface area contributed by atoms with Gasteiger partial charge in [0.2, 0.25) is 0 Å². The first-order valence-corrected chi connectivity index (χ1v) is 4.74. The second-order valence-corrected chi connectivity index (χ2v) is 3.26. The first kappa shape index (κ1) is 12.8. The summed E-state index contributed by atoms with van der Waals surface area (Å²) in [5, 5.41) is 8.61. The van der Waals surface area contributed by atoms with Crippen LogP contribution in [0, 0.1) is 11.6 Å². The molecule has 0 atom stereocenters. The summed E-state index contributed by atoms with van der Waals surface area (Å²) in [6, 6.07) is 9.41. The van der Waals surface area contributed by atoms with Crippen LogP contribution in [0.4, 0.5) is 20.2 Å². The molecule has 0 saturated heterocycles. The fourth-order valence-electron chi connectivity index (χ4n) is 0.986. The molecule has 0 saturated carbocycles. The number of aromatic hydroxyl groups is 1. The maximum Gasteiger partial charge on any atom is 0.166 e. The number of benzene rings is 2. The fourth-order valence-corrected chi connectivity index (χ4v) is 0.986. The molecular formula is C12H12F2N2O. The molecule has 0 aliphatic carbocycles. The van der Waals surface area contributed by atoms with Gasteiger partial charge in [0, 0.05) is 17.4 Å². The quantitative estimate of drug-likeness (QED) is 0.487. The molecule has 17 heavy (non-hydrogen) atoms. The van der Waals surface area contributed by atoms with Crippen LogP contribution in [-0.4, -0.2) is 5.11 Å². The predicted octanol–water partition coefficient (Wildman–Crippen LogP) is 2.52. The monoisotopic (exact) mass is 238 g/mol. The van der Waals surface area contributed by atoms with Crippen LogP contribution in [0.25, 0.3) is 0 Å². The number of rotatable bonds is 0. The van der Waals surface area contributed by atoms with Gasteiger partial charge in [-0.2, -0.15) is 0 Å². The largest absolute Gasteiger partial charge is 0.505 e. The molecule has 0 spiro atoms. The van der Waals surface area contributed by atoms with Crippen molar-refractivity contribution in [3.8, 4) is 5.75 Å². The van der Waals surface area contributed by atoms with E-state index in [0.717, 1.165) is 6.07 Å². The van der Waals surface area contributed by atoms with E-state index in [1.807, 2.05) is 0 Å². The third-order valence-corrected chi connectivity index (χ3v) is 1.84. The summed E-state index contributed by atoms with van der Waals surface area (Å²) in [7, 11) is 0. The number of nitrogens with two attached hydrogens (primary N) is 2. The standard InChI is InChI=1S/C6H6FNO.C6H6FN/c7-5-3-4(8)1-2-6(5)9;7-5-1-3-6(8)4-2-5/h1-3,9H,8H2;1-4H,8H2. The van der Waals surface area contributed by atoms with Crippen molar-refractivity contribution in [1.82, 2.24) is 0 Å². The van der Waals surface area contributed by atoms with Crippen molar-refractivity contribution in [1.29, 1.82) is 0 Å². The number of hydrogen-bond acceptors (Lipinski definition) is 3. The normalized spacial score (nSPS) is 9.29. The zero-order chi connectivity index (χ0) is 12.8. The van der Waals surface area contributed by atoms with Crippen molar-refractivity contribution >= 4 is 11.4 Å². The Morgan fingerprint density at radius 1 is 0.824 bits per heavy atom. The Morgan fingerprint density at radius 3 is 1.76 bits per heavy atom. The van der Waals surface area contributed by atoms with Crippen LogP contribution in [0.5, 0.6) is 5.75 Å². The number of hydrogen-bond donors (Lipinski definition) is 3. The second-order valence-electron chi connectivity index (χ2n) is 3.26. The Bertz CT molecular complexity index is 465. The summed E-state index contributed by atoms with van der Waals surface area (Å²) < 4.78 is 24.3. The van der Waals surface area contributed by atoms with Crippen molar-refractivity contribution in [2.24, 2.45) is 0 Å². The van der Waals surface area contributed by atoms with Crippen molar-refractivity contribution in [3.63, 3.8) is 0 Å². The highest BCUT2D eigenvalue weighted by atomic mass is 19.1. The summed E-state index contributed by atoms with van der Waals surface area (Å²) in [5.74, 6) is -1.31. The number of phenolic OH excluding ortho intramolecular Hbond substituents is 1. The summed E-state index contributed by atoms with van der Waals surface area (Å²) in [4.78, 5) is 0. The lowest BCUT2D eigenvalue weighted by atomic mass is 10.3. The van der Waals surface area contributed by atoms with E-state index in [2.05, 4.69) is 0 Å². The van der Waals surface area contributed by atoms with Crippen LogP contribution in [-0.2, 0) is 0 Å². The van der Waals surface area contributed by atoms with E-state index in [9.17, 15) is 8.78 Å². The molecule has 2 aromatic carbocycles. The smallest absolute Gasteiger partial charge is 0.166 e. The number of anilines is 2. The lowest BCUT2D eigenvalue weighted by molar-refractivity contribution is 0.432. The molecule has 5 N–H and O–H groups in total. The van der Waals surface area contributed by atoms with Gasteiger partial charge in [-0.05, 0) is 36.4 Å². The topological polar surface area (TPSA) is 72.3 Å². The summed E-state index contributed by atoms with van der Waals surface area (Å²) in [6.45, 7) is 0. The van der Waals surface area contributed by atoms with Gasteiger partial charge in [-0.3, -0.25) is 0 Å². The van der Waals surface area contributed by atoms with Crippen molar-refractivity contribution in [2.45, 2.75) is 0 Å². The minimum absolute atomic E-state index is 0.251. The zero-order valence-electron chi connectivity index (χ0n) is 8.90. The molecule has 2 aromatic rings. The van der Waals surface area contributed by atoms with Gasteiger partial charge >= 0.3 is 0 Å². The molecular weight excluding hydrogens is 226 g/mol. The lowest BCUT2D eigenvalue weighted by Gasteiger charge is -1.93. The maximum absolute atomic E-state index is 12.2. The molecule has 0 aromatic heterocycles. The molecule has 0 aliphatic heterocycles. The third kappa shape index (κ3) is 4.38. The highest BCUT2D eigenvalue weighted by molar-refractivity contribution is 5.42. The van der Waals surface area contributed by atoms with Crippen molar-refractivity contribution < 1.29 is 13.9 Å². The van der Waals surface area contributed by atoms with E-state index in [0.29, 0.717) is 11.4 Å². The van der Waals surface area contributed by atoms with Crippen LogP contribution >= 0.6 is 0 Å². The van der Waals surface area contributed by atoms with Crippen molar-refractivity contribution in [2.75, 3.05) is 11.5 Å². The molecule has 0 bridgehead atoms. The number of nitrogen functional groups attached to an aromatic ring is 2. The number of halogens is 2. The van der Waals surface area contributed by atoms with E-state index in [-0.39, 0.29) is 11.6 Å². The molecule has 0 radical (unpaired) electrons. The minimum atomic E-state index is -0.685. The predicted molar refractivity (Wildman–Crippen MR) is 63.3 cm³/mol. The van der Waals surface area contributed by atoms with Crippen LogP contribution in [0.2, 0.25) is 0 Å². The Morgan fingerprint density at radius 2 is 1.35 bits per heavy atom. The molecule has 0 heterocycles. The van der Waals surface area contributed by atoms with Crippen LogP contribution in [0.15, 0.2) is 42.5 Å². The molecule has 0 unspecified atom stereocenters.